The molecular formula is C21H28N2O3. The summed E-state index contributed by atoms with van der Waals surface area (Å²) in [6.07, 6.45) is 5.82. The Morgan fingerprint density at radius 3 is 2.88 bits per heavy atom. The largest absolute Gasteiger partial charge is 0.493 e. The first-order chi connectivity index (χ1) is 12.7. The Morgan fingerprint density at radius 1 is 1.19 bits per heavy atom. The molecular weight excluding hydrogens is 328 g/mol. The lowest BCUT2D eigenvalue weighted by Gasteiger charge is -2.36. The fraction of sp³-hybridized carbons (Fsp3) is 0.571. The van der Waals surface area contributed by atoms with Gasteiger partial charge in [-0.3, -0.25) is 9.69 Å². The number of furan rings is 1. The van der Waals surface area contributed by atoms with Crippen LogP contribution in [0.2, 0.25) is 0 Å². The van der Waals surface area contributed by atoms with Gasteiger partial charge in [0, 0.05) is 37.5 Å². The van der Waals surface area contributed by atoms with E-state index in [1.165, 1.54) is 12.8 Å². The van der Waals surface area contributed by atoms with E-state index in [-0.39, 0.29) is 5.91 Å². The molecule has 2 aliphatic heterocycles. The second-order valence-corrected chi connectivity index (χ2v) is 7.55. The molecule has 26 heavy (non-hydrogen) atoms. The van der Waals surface area contributed by atoms with Crippen molar-refractivity contribution in [3.8, 4) is 5.75 Å². The van der Waals surface area contributed by atoms with E-state index in [1.54, 1.807) is 14.0 Å². The average molecular weight is 356 g/mol. The van der Waals surface area contributed by atoms with E-state index in [0.29, 0.717) is 12.1 Å². The Morgan fingerprint density at radius 2 is 2.08 bits per heavy atom. The fourth-order valence-corrected chi connectivity index (χ4v) is 4.73. The van der Waals surface area contributed by atoms with Gasteiger partial charge in [-0.1, -0.05) is 25.0 Å². The Kier molecular flexibility index (Phi) is 4.90. The van der Waals surface area contributed by atoms with Crippen LogP contribution in [0.25, 0.3) is 11.0 Å². The molecule has 2 aliphatic rings. The number of likely N-dealkylation sites (tertiary alicyclic amines) is 2. The standard InChI is InChI=1S/C21H28N2O3/c1-15(24)23-11-5-3-4-8-18-19(23)10-12-22(18)14-17-13-16-7-6-9-20(25-2)21(16)26-17/h6-7,9,13,18-19H,3-5,8,10-12,14H2,1-2H3/t18-,19+/m1/s1. The number of ether oxygens (including phenoxy) is 1. The normalized spacial score (nSPS) is 24.3. The van der Waals surface area contributed by atoms with Gasteiger partial charge in [0.15, 0.2) is 11.3 Å². The minimum absolute atomic E-state index is 0.220. The number of carbonyl (C=O) groups excluding carboxylic acids is 1. The predicted molar refractivity (Wildman–Crippen MR) is 101 cm³/mol. The van der Waals surface area contributed by atoms with E-state index < -0.39 is 0 Å². The number of benzene rings is 1. The maximum atomic E-state index is 12.1. The third-order valence-corrected chi connectivity index (χ3v) is 5.97. The summed E-state index contributed by atoms with van der Waals surface area (Å²) >= 11 is 0. The van der Waals surface area contributed by atoms with Crippen molar-refractivity contribution in [3.05, 3.63) is 30.0 Å². The number of methoxy groups -OCH3 is 1. The van der Waals surface area contributed by atoms with Gasteiger partial charge in [-0.25, -0.2) is 0 Å². The van der Waals surface area contributed by atoms with Gasteiger partial charge >= 0.3 is 0 Å². The van der Waals surface area contributed by atoms with Crippen LogP contribution in [0.3, 0.4) is 0 Å². The maximum absolute atomic E-state index is 12.1. The lowest BCUT2D eigenvalue weighted by atomic mass is 9.97. The molecule has 1 amide bonds. The number of rotatable bonds is 3. The van der Waals surface area contributed by atoms with Gasteiger partial charge in [-0.05, 0) is 31.4 Å². The minimum atomic E-state index is 0.220. The van der Waals surface area contributed by atoms with E-state index in [4.69, 9.17) is 9.15 Å². The molecule has 140 valence electrons. The van der Waals surface area contributed by atoms with Crippen LogP contribution in [-0.2, 0) is 11.3 Å². The molecule has 3 heterocycles. The van der Waals surface area contributed by atoms with Crippen molar-refractivity contribution in [1.29, 1.82) is 0 Å². The number of carbonyl (C=O) groups is 1. The van der Waals surface area contributed by atoms with Crippen LogP contribution in [0.5, 0.6) is 5.75 Å². The molecule has 5 nitrogen and oxygen atoms in total. The summed E-state index contributed by atoms with van der Waals surface area (Å²) in [7, 11) is 1.67. The highest BCUT2D eigenvalue weighted by molar-refractivity contribution is 5.83. The highest BCUT2D eigenvalue weighted by atomic mass is 16.5. The highest BCUT2D eigenvalue weighted by Crippen LogP contribution is 2.33. The zero-order valence-electron chi connectivity index (χ0n) is 15.7. The van der Waals surface area contributed by atoms with E-state index in [9.17, 15) is 4.79 Å². The number of amides is 1. The molecule has 1 aromatic carbocycles. The predicted octanol–water partition coefficient (Wildman–Crippen LogP) is 3.81. The Bertz CT molecular complexity index is 785. The molecule has 0 N–H and O–H groups in total. The van der Waals surface area contributed by atoms with Gasteiger partial charge in [0.2, 0.25) is 5.91 Å². The van der Waals surface area contributed by atoms with Gasteiger partial charge < -0.3 is 14.1 Å². The summed E-state index contributed by atoms with van der Waals surface area (Å²) < 4.78 is 11.5. The quantitative estimate of drug-likeness (QED) is 0.839. The molecule has 1 aromatic heterocycles. The van der Waals surface area contributed by atoms with E-state index >= 15 is 0 Å². The second kappa shape index (κ2) is 7.31. The van der Waals surface area contributed by atoms with Crippen LogP contribution in [0.1, 0.15) is 44.8 Å². The monoisotopic (exact) mass is 356 g/mol. The molecule has 2 aromatic rings. The number of para-hydroxylation sites is 1. The summed E-state index contributed by atoms with van der Waals surface area (Å²) in [4.78, 5) is 16.8. The molecule has 0 bridgehead atoms. The number of nitrogens with zero attached hydrogens (tertiary/aromatic N) is 2. The van der Waals surface area contributed by atoms with Gasteiger partial charge in [0.05, 0.1) is 13.7 Å². The van der Waals surface area contributed by atoms with Crippen LogP contribution >= 0.6 is 0 Å². The number of hydrogen-bond donors (Lipinski definition) is 0. The molecule has 0 spiro atoms. The Labute approximate surface area is 154 Å². The topological polar surface area (TPSA) is 45.9 Å². The van der Waals surface area contributed by atoms with Crippen LogP contribution < -0.4 is 4.74 Å². The fourth-order valence-electron chi connectivity index (χ4n) is 4.73. The molecule has 4 rings (SSSR count). The van der Waals surface area contributed by atoms with Crippen LogP contribution in [0, 0.1) is 0 Å². The molecule has 2 saturated heterocycles. The molecule has 0 unspecified atom stereocenters. The molecule has 2 atom stereocenters. The molecule has 0 saturated carbocycles. The Hall–Kier alpha value is -2.01. The zero-order chi connectivity index (χ0) is 18.1. The Balaban J connectivity index is 1.55. The van der Waals surface area contributed by atoms with Crippen LogP contribution in [-0.4, -0.2) is 48.0 Å². The van der Waals surface area contributed by atoms with Crippen molar-refractivity contribution < 1.29 is 13.9 Å². The summed E-state index contributed by atoms with van der Waals surface area (Å²) in [6, 6.07) is 8.90. The third-order valence-electron chi connectivity index (χ3n) is 5.97. The van der Waals surface area contributed by atoms with Crippen molar-refractivity contribution in [2.75, 3.05) is 20.2 Å². The van der Waals surface area contributed by atoms with E-state index in [1.807, 2.05) is 12.1 Å². The van der Waals surface area contributed by atoms with Gasteiger partial charge in [-0.2, -0.15) is 0 Å². The average Bonchev–Trinajstić information content (AvgIpc) is 3.18. The van der Waals surface area contributed by atoms with E-state index in [0.717, 1.165) is 61.4 Å². The first-order valence-electron chi connectivity index (χ1n) is 9.74. The zero-order valence-corrected chi connectivity index (χ0v) is 15.7. The summed E-state index contributed by atoms with van der Waals surface area (Å²) in [5.74, 6) is 1.97. The summed E-state index contributed by atoms with van der Waals surface area (Å²) in [5, 5.41) is 1.08. The first kappa shape index (κ1) is 17.4. The van der Waals surface area contributed by atoms with Crippen LogP contribution in [0.4, 0.5) is 0 Å². The van der Waals surface area contributed by atoms with Gasteiger partial charge in [0.1, 0.15) is 5.76 Å². The van der Waals surface area contributed by atoms with E-state index in [2.05, 4.69) is 21.9 Å². The van der Waals surface area contributed by atoms with Crippen molar-refractivity contribution >= 4 is 16.9 Å². The smallest absolute Gasteiger partial charge is 0.219 e. The molecule has 5 heteroatoms. The lowest BCUT2D eigenvalue weighted by Crippen LogP contribution is -2.48. The van der Waals surface area contributed by atoms with Gasteiger partial charge in [0.25, 0.3) is 0 Å². The van der Waals surface area contributed by atoms with Crippen LogP contribution in [0.15, 0.2) is 28.7 Å². The summed E-state index contributed by atoms with van der Waals surface area (Å²) in [5.41, 5.74) is 0.823. The third kappa shape index (κ3) is 3.20. The van der Waals surface area contributed by atoms with Crippen molar-refractivity contribution in [1.82, 2.24) is 9.80 Å². The molecule has 2 fully saturated rings. The first-order valence-corrected chi connectivity index (χ1v) is 9.74. The maximum Gasteiger partial charge on any atom is 0.219 e. The van der Waals surface area contributed by atoms with Crippen molar-refractivity contribution in [2.45, 2.75) is 57.7 Å². The highest BCUT2D eigenvalue weighted by Gasteiger charge is 2.39. The number of hydrogen-bond acceptors (Lipinski definition) is 4. The van der Waals surface area contributed by atoms with Crippen molar-refractivity contribution in [3.63, 3.8) is 0 Å². The lowest BCUT2D eigenvalue weighted by molar-refractivity contribution is -0.132. The second-order valence-electron chi connectivity index (χ2n) is 7.55. The SMILES string of the molecule is COc1cccc2cc(CN3CC[C@H]4[C@H]3CCCCCN4C(C)=O)oc12. The molecule has 0 radical (unpaired) electrons. The number of fused-ring (bicyclic) bond motifs is 2. The van der Waals surface area contributed by atoms with Gasteiger partial charge in [-0.15, -0.1) is 0 Å². The van der Waals surface area contributed by atoms with Crippen molar-refractivity contribution in [2.24, 2.45) is 0 Å². The minimum Gasteiger partial charge on any atom is -0.493 e. The molecule has 0 aliphatic carbocycles. The summed E-state index contributed by atoms with van der Waals surface area (Å²) in [6.45, 7) is 4.44.